The number of allylic oxidation sites excluding steroid dienone is 2. The van der Waals surface area contributed by atoms with Gasteiger partial charge in [0, 0.05) is 87.3 Å². The van der Waals surface area contributed by atoms with Crippen molar-refractivity contribution in [3.8, 4) is 0 Å². The van der Waals surface area contributed by atoms with Crippen LogP contribution in [0.15, 0.2) is 59.0 Å². The molecule has 9 nitrogen and oxygen atoms in total. The summed E-state index contributed by atoms with van der Waals surface area (Å²) in [5.41, 5.74) is 12.7. The number of aliphatic imine (C=N–C) groups is 1. The number of aromatic nitrogens is 2. The van der Waals surface area contributed by atoms with Crippen LogP contribution in [0.1, 0.15) is 51.2 Å². The maximum atomic E-state index is 5.84. The van der Waals surface area contributed by atoms with Crippen molar-refractivity contribution >= 4 is 23.2 Å². The summed E-state index contributed by atoms with van der Waals surface area (Å²) in [5.74, 6) is 1.26. The summed E-state index contributed by atoms with van der Waals surface area (Å²) < 4.78 is 5.57. The number of ether oxygens (including phenoxy) is 1. The number of hydrogen-bond donors (Lipinski definition) is 1. The van der Waals surface area contributed by atoms with E-state index in [1.165, 1.54) is 48.6 Å². The molecule has 0 amide bonds. The van der Waals surface area contributed by atoms with Gasteiger partial charge in [0.1, 0.15) is 5.84 Å². The average Bonchev–Trinajstić information content (AvgIpc) is 3.41. The largest absolute Gasteiger partial charge is 0.378 e. The van der Waals surface area contributed by atoms with Gasteiger partial charge in [-0.15, -0.1) is 0 Å². The Morgan fingerprint density at radius 1 is 0.951 bits per heavy atom. The van der Waals surface area contributed by atoms with Crippen LogP contribution in [0, 0.1) is 0 Å². The molecule has 4 heterocycles. The lowest BCUT2D eigenvalue weighted by Crippen LogP contribution is -2.45. The highest BCUT2D eigenvalue weighted by Crippen LogP contribution is 2.38. The van der Waals surface area contributed by atoms with Gasteiger partial charge < -0.3 is 25.2 Å². The molecule has 1 aromatic heterocycles. The number of nitrogens with two attached hydrogens (primary N) is 1. The molecule has 5 rings (SSSR count). The van der Waals surface area contributed by atoms with Gasteiger partial charge in [-0.25, -0.2) is 15.0 Å². The molecule has 220 valence electrons. The molecule has 41 heavy (non-hydrogen) atoms. The molecule has 0 saturated carbocycles. The fourth-order valence-electron chi connectivity index (χ4n) is 5.98. The molecule has 0 bridgehead atoms. The molecule has 2 N–H and O–H groups in total. The zero-order valence-corrected chi connectivity index (χ0v) is 25.1. The van der Waals surface area contributed by atoms with Gasteiger partial charge in [0.15, 0.2) is 0 Å². The molecule has 2 aromatic rings. The molecular weight excluding hydrogens is 512 g/mol. The summed E-state index contributed by atoms with van der Waals surface area (Å²) in [5, 5.41) is 0. The highest BCUT2D eigenvalue weighted by Gasteiger charge is 2.28. The number of benzene rings is 1. The summed E-state index contributed by atoms with van der Waals surface area (Å²) in [6, 6.07) is 9.16. The third-order valence-electron chi connectivity index (χ3n) is 8.22. The first-order valence-corrected chi connectivity index (χ1v) is 15.3. The Hall–Kier alpha value is -3.27. The predicted molar refractivity (Wildman–Crippen MR) is 168 cm³/mol. The van der Waals surface area contributed by atoms with E-state index >= 15 is 0 Å². The van der Waals surface area contributed by atoms with Gasteiger partial charge in [0.25, 0.3) is 0 Å². The lowest BCUT2D eigenvalue weighted by molar-refractivity contribution is 0.0678. The number of hydrogen-bond acceptors (Lipinski definition) is 8. The van der Waals surface area contributed by atoms with E-state index in [0.717, 1.165) is 82.4 Å². The topological polar surface area (TPSA) is 86.3 Å². The maximum absolute atomic E-state index is 5.84. The molecular formula is C32H46N8O. The average molecular weight is 559 g/mol. The van der Waals surface area contributed by atoms with Crippen molar-refractivity contribution in [2.24, 2.45) is 4.99 Å². The van der Waals surface area contributed by atoms with Crippen LogP contribution in [0.4, 0.5) is 11.6 Å². The second kappa shape index (κ2) is 14.1. The second-order valence-electron chi connectivity index (χ2n) is 11.1. The standard InChI is InChI=1S/C32H46N8O/c1-4-6-30-29(31(27-22-34-32(33)35-23-27)36-25(3)39-18-20-41-21-19-39)11-13-40(30)28-9-7-26(8-10-28)24-38-16-14-37(12-5-2)15-17-38/h6-10,22-23H,4-5,11-21,24H2,1-3H3,(H2,33,34,35)/b30-6?,31-29-,36-25?. The van der Waals surface area contributed by atoms with Gasteiger partial charge >= 0.3 is 0 Å². The first kappa shape index (κ1) is 29.2. The highest BCUT2D eigenvalue weighted by molar-refractivity contribution is 5.88. The van der Waals surface area contributed by atoms with Crippen molar-refractivity contribution in [2.75, 3.05) is 76.2 Å². The first-order chi connectivity index (χ1) is 20.1. The van der Waals surface area contributed by atoms with Gasteiger partial charge in [-0.2, -0.15) is 0 Å². The summed E-state index contributed by atoms with van der Waals surface area (Å²) in [6.07, 6.45) is 8.99. The lowest BCUT2D eigenvalue weighted by atomic mass is 10.0. The van der Waals surface area contributed by atoms with Crippen LogP contribution in [-0.4, -0.2) is 96.1 Å². The number of nitrogen functional groups attached to an aromatic ring is 1. The number of amidine groups is 1. The van der Waals surface area contributed by atoms with Crippen LogP contribution in [0.5, 0.6) is 0 Å². The van der Waals surface area contributed by atoms with Gasteiger partial charge in [0.05, 0.1) is 18.9 Å². The third-order valence-corrected chi connectivity index (χ3v) is 8.22. The first-order valence-electron chi connectivity index (χ1n) is 15.3. The van der Waals surface area contributed by atoms with E-state index in [1.807, 2.05) is 0 Å². The fourth-order valence-corrected chi connectivity index (χ4v) is 5.98. The molecule has 3 saturated heterocycles. The zero-order valence-electron chi connectivity index (χ0n) is 25.1. The molecule has 0 radical (unpaired) electrons. The summed E-state index contributed by atoms with van der Waals surface area (Å²) in [4.78, 5) is 23.7. The van der Waals surface area contributed by atoms with Crippen molar-refractivity contribution in [3.05, 3.63) is 65.1 Å². The van der Waals surface area contributed by atoms with E-state index < -0.39 is 0 Å². The van der Waals surface area contributed by atoms with Crippen LogP contribution >= 0.6 is 0 Å². The Morgan fingerprint density at radius 3 is 2.29 bits per heavy atom. The zero-order chi connectivity index (χ0) is 28.6. The number of anilines is 2. The molecule has 3 aliphatic heterocycles. The van der Waals surface area contributed by atoms with E-state index in [2.05, 4.69) is 80.7 Å². The molecule has 0 aliphatic carbocycles. The van der Waals surface area contributed by atoms with Crippen LogP contribution in [0.25, 0.3) is 5.70 Å². The monoisotopic (exact) mass is 558 g/mol. The Balaban J connectivity index is 1.38. The molecule has 0 unspecified atom stereocenters. The molecule has 9 heteroatoms. The Kier molecular flexibility index (Phi) is 10.0. The summed E-state index contributed by atoms with van der Waals surface area (Å²) in [7, 11) is 0. The number of morpholine rings is 1. The van der Waals surface area contributed by atoms with Crippen LogP contribution in [0.2, 0.25) is 0 Å². The van der Waals surface area contributed by atoms with E-state index in [1.54, 1.807) is 12.4 Å². The molecule has 3 aliphatic rings. The van der Waals surface area contributed by atoms with E-state index in [4.69, 9.17) is 15.5 Å². The van der Waals surface area contributed by atoms with Gasteiger partial charge in [-0.1, -0.05) is 32.1 Å². The fraction of sp³-hybridized carbons (Fsp3) is 0.531. The van der Waals surface area contributed by atoms with Gasteiger partial charge in [0.2, 0.25) is 5.95 Å². The van der Waals surface area contributed by atoms with Crippen molar-refractivity contribution in [2.45, 2.75) is 46.6 Å². The summed E-state index contributed by atoms with van der Waals surface area (Å²) in [6.45, 7) is 17.5. The Labute approximate surface area is 245 Å². The minimum Gasteiger partial charge on any atom is -0.378 e. The Morgan fingerprint density at radius 2 is 1.63 bits per heavy atom. The van der Waals surface area contributed by atoms with E-state index in [-0.39, 0.29) is 5.95 Å². The minimum atomic E-state index is 0.271. The highest BCUT2D eigenvalue weighted by atomic mass is 16.5. The number of nitrogens with zero attached hydrogens (tertiary/aromatic N) is 7. The van der Waals surface area contributed by atoms with E-state index in [9.17, 15) is 0 Å². The third kappa shape index (κ3) is 7.33. The van der Waals surface area contributed by atoms with Crippen molar-refractivity contribution < 1.29 is 4.74 Å². The Bertz CT molecular complexity index is 1220. The minimum absolute atomic E-state index is 0.271. The van der Waals surface area contributed by atoms with Crippen molar-refractivity contribution in [3.63, 3.8) is 0 Å². The predicted octanol–water partition coefficient (Wildman–Crippen LogP) is 4.25. The molecule has 3 fully saturated rings. The lowest BCUT2D eigenvalue weighted by Gasteiger charge is -2.34. The maximum Gasteiger partial charge on any atom is 0.219 e. The van der Waals surface area contributed by atoms with Crippen molar-refractivity contribution in [1.82, 2.24) is 24.7 Å². The van der Waals surface area contributed by atoms with E-state index in [0.29, 0.717) is 0 Å². The molecule has 0 atom stereocenters. The normalized spacial score (nSPS) is 21.6. The molecule has 1 aromatic carbocycles. The quantitative estimate of drug-likeness (QED) is 0.380. The van der Waals surface area contributed by atoms with Gasteiger partial charge in [-0.05, 0) is 50.4 Å². The van der Waals surface area contributed by atoms with Crippen LogP contribution in [-0.2, 0) is 11.3 Å². The molecule has 0 spiro atoms. The number of rotatable bonds is 8. The van der Waals surface area contributed by atoms with Gasteiger partial charge in [-0.3, -0.25) is 4.90 Å². The van der Waals surface area contributed by atoms with Crippen LogP contribution < -0.4 is 10.6 Å². The smallest absolute Gasteiger partial charge is 0.219 e. The summed E-state index contributed by atoms with van der Waals surface area (Å²) >= 11 is 0. The SMILES string of the molecule is CCC=C1/C(=C(\N=C(C)N2CCOCC2)c2cnc(N)nc2)CCN1c1ccc(CN2CCN(CCC)CC2)cc1. The van der Waals surface area contributed by atoms with Crippen LogP contribution in [0.3, 0.4) is 0 Å². The number of piperazine rings is 1. The second-order valence-corrected chi connectivity index (χ2v) is 11.1. The van der Waals surface area contributed by atoms with Crippen molar-refractivity contribution in [1.29, 1.82) is 0 Å².